The second kappa shape index (κ2) is 5.81. The van der Waals surface area contributed by atoms with Crippen LogP contribution < -0.4 is 10.6 Å². The lowest BCUT2D eigenvalue weighted by Gasteiger charge is -2.31. The van der Waals surface area contributed by atoms with E-state index in [1.165, 1.54) is 6.07 Å². The molecule has 1 aliphatic heterocycles. The Kier molecular flexibility index (Phi) is 4.27. The number of carbonyl (C=O) groups excluding carboxylic acids is 1. The van der Waals surface area contributed by atoms with Gasteiger partial charge in [-0.05, 0) is 37.9 Å². The van der Waals surface area contributed by atoms with Crippen LogP contribution in [0.15, 0.2) is 18.2 Å². The lowest BCUT2D eigenvalue weighted by molar-refractivity contribution is -0.385. The number of anilines is 1. The number of nitro groups is 1. The van der Waals surface area contributed by atoms with Crippen molar-refractivity contribution in [3.63, 3.8) is 0 Å². The fraction of sp³-hybridized carbons (Fsp3) is 0.533. The van der Waals surface area contributed by atoms with Crippen molar-refractivity contribution in [1.82, 2.24) is 5.32 Å². The Balaban J connectivity index is 2.19. The highest BCUT2D eigenvalue weighted by atomic mass is 16.6. The van der Waals surface area contributed by atoms with Crippen LogP contribution >= 0.6 is 0 Å². The molecule has 1 aliphatic rings. The number of nitrogens with zero attached hydrogens (tertiary/aromatic N) is 1. The van der Waals surface area contributed by atoms with Crippen molar-refractivity contribution in [2.75, 3.05) is 18.4 Å². The standard InChI is InChI=1S/C15H21N3O3/c1-10(2)15(6-7-16-9-15)14(19)17-12-4-5-13(18(20)21)11(3)8-12/h4-5,8,10,16H,6-7,9H2,1-3H3,(H,17,19). The monoisotopic (exact) mass is 291 g/mol. The molecule has 1 fully saturated rings. The summed E-state index contributed by atoms with van der Waals surface area (Å²) in [6, 6.07) is 4.66. The molecule has 2 rings (SSSR count). The molecule has 0 aromatic heterocycles. The highest BCUT2D eigenvalue weighted by molar-refractivity contribution is 5.96. The van der Waals surface area contributed by atoms with Crippen LogP contribution in [-0.2, 0) is 4.79 Å². The Hall–Kier alpha value is -1.95. The van der Waals surface area contributed by atoms with E-state index in [0.29, 0.717) is 17.8 Å². The summed E-state index contributed by atoms with van der Waals surface area (Å²) < 4.78 is 0. The minimum absolute atomic E-state index is 0.0178. The average Bonchev–Trinajstić information content (AvgIpc) is 2.88. The summed E-state index contributed by atoms with van der Waals surface area (Å²) in [5, 5.41) is 17.0. The topological polar surface area (TPSA) is 84.3 Å². The van der Waals surface area contributed by atoms with Crippen molar-refractivity contribution in [3.05, 3.63) is 33.9 Å². The van der Waals surface area contributed by atoms with E-state index in [4.69, 9.17) is 0 Å². The largest absolute Gasteiger partial charge is 0.326 e. The summed E-state index contributed by atoms with van der Waals surface area (Å²) in [7, 11) is 0. The molecule has 0 aliphatic carbocycles. The lowest BCUT2D eigenvalue weighted by atomic mass is 9.75. The lowest BCUT2D eigenvalue weighted by Crippen LogP contribution is -2.42. The molecule has 1 heterocycles. The van der Waals surface area contributed by atoms with Gasteiger partial charge in [-0.1, -0.05) is 13.8 Å². The molecule has 0 bridgehead atoms. The molecular formula is C15H21N3O3. The molecule has 1 aromatic rings. The Bertz CT molecular complexity index is 563. The Morgan fingerprint density at radius 3 is 2.67 bits per heavy atom. The summed E-state index contributed by atoms with van der Waals surface area (Å²) in [6.45, 7) is 7.28. The van der Waals surface area contributed by atoms with E-state index < -0.39 is 10.3 Å². The van der Waals surface area contributed by atoms with Crippen LogP contribution in [0, 0.1) is 28.4 Å². The van der Waals surface area contributed by atoms with Gasteiger partial charge in [0.1, 0.15) is 0 Å². The zero-order valence-electron chi connectivity index (χ0n) is 12.6. The van der Waals surface area contributed by atoms with E-state index in [0.717, 1.165) is 13.0 Å². The number of hydrogen-bond donors (Lipinski definition) is 2. The third kappa shape index (κ3) is 2.90. The van der Waals surface area contributed by atoms with Gasteiger partial charge in [0.2, 0.25) is 5.91 Å². The van der Waals surface area contributed by atoms with Crippen LogP contribution in [-0.4, -0.2) is 23.9 Å². The molecule has 21 heavy (non-hydrogen) atoms. The maximum absolute atomic E-state index is 12.6. The second-order valence-corrected chi connectivity index (χ2v) is 5.95. The Labute approximate surface area is 124 Å². The van der Waals surface area contributed by atoms with E-state index in [1.807, 2.05) is 13.8 Å². The second-order valence-electron chi connectivity index (χ2n) is 5.95. The van der Waals surface area contributed by atoms with Gasteiger partial charge < -0.3 is 10.6 Å². The van der Waals surface area contributed by atoms with Gasteiger partial charge in [-0.3, -0.25) is 14.9 Å². The first-order valence-corrected chi connectivity index (χ1v) is 7.14. The van der Waals surface area contributed by atoms with Crippen LogP contribution in [0.3, 0.4) is 0 Å². The highest BCUT2D eigenvalue weighted by Crippen LogP contribution is 2.35. The average molecular weight is 291 g/mol. The summed E-state index contributed by atoms with van der Waals surface area (Å²) in [5.41, 5.74) is 0.806. The SMILES string of the molecule is Cc1cc(NC(=O)C2(C(C)C)CCNC2)ccc1[N+](=O)[O-]. The van der Waals surface area contributed by atoms with Gasteiger partial charge in [-0.25, -0.2) is 0 Å². The number of rotatable bonds is 4. The van der Waals surface area contributed by atoms with Crippen molar-refractivity contribution in [2.24, 2.45) is 11.3 Å². The van der Waals surface area contributed by atoms with Crippen LogP contribution in [0.5, 0.6) is 0 Å². The molecule has 1 amide bonds. The Morgan fingerprint density at radius 2 is 2.19 bits per heavy atom. The molecule has 1 aromatic carbocycles. The zero-order chi connectivity index (χ0) is 15.6. The number of hydrogen-bond acceptors (Lipinski definition) is 4. The predicted molar refractivity (Wildman–Crippen MR) is 81.2 cm³/mol. The normalized spacial score (nSPS) is 21.5. The number of benzene rings is 1. The van der Waals surface area contributed by atoms with Gasteiger partial charge in [0, 0.05) is 23.9 Å². The molecule has 6 nitrogen and oxygen atoms in total. The van der Waals surface area contributed by atoms with E-state index in [2.05, 4.69) is 10.6 Å². The van der Waals surface area contributed by atoms with Crippen LogP contribution in [0.4, 0.5) is 11.4 Å². The summed E-state index contributed by atoms with van der Waals surface area (Å²) >= 11 is 0. The maximum Gasteiger partial charge on any atom is 0.272 e. The number of amides is 1. The van der Waals surface area contributed by atoms with Crippen molar-refractivity contribution in [1.29, 1.82) is 0 Å². The molecule has 0 radical (unpaired) electrons. The third-order valence-corrected chi connectivity index (χ3v) is 4.40. The van der Waals surface area contributed by atoms with Crippen LogP contribution in [0.1, 0.15) is 25.8 Å². The molecule has 2 N–H and O–H groups in total. The molecule has 1 unspecified atom stereocenters. The smallest absolute Gasteiger partial charge is 0.272 e. The molecule has 1 atom stereocenters. The van der Waals surface area contributed by atoms with Crippen LogP contribution in [0.25, 0.3) is 0 Å². The first-order valence-electron chi connectivity index (χ1n) is 7.14. The highest BCUT2D eigenvalue weighted by Gasteiger charge is 2.43. The minimum atomic E-state index is -0.419. The summed E-state index contributed by atoms with van der Waals surface area (Å²) in [4.78, 5) is 23.0. The molecule has 1 saturated heterocycles. The van der Waals surface area contributed by atoms with Gasteiger partial charge in [0.15, 0.2) is 0 Å². The molecule has 0 saturated carbocycles. The van der Waals surface area contributed by atoms with Crippen molar-refractivity contribution >= 4 is 17.3 Å². The number of aryl methyl sites for hydroxylation is 1. The van der Waals surface area contributed by atoms with Gasteiger partial charge in [-0.2, -0.15) is 0 Å². The first kappa shape index (κ1) is 15.4. The van der Waals surface area contributed by atoms with Gasteiger partial charge in [0.05, 0.1) is 10.3 Å². The molecule has 114 valence electrons. The zero-order valence-corrected chi connectivity index (χ0v) is 12.6. The number of nitrogens with one attached hydrogen (secondary N) is 2. The summed E-state index contributed by atoms with van der Waals surface area (Å²) in [6.07, 6.45) is 0.808. The first-order chi connectivity index (χ1) is 9.86. The minimum Gasteiger partial charge on any atom is -0.326 e. The van der Waals surface area contributed by atoms with Gasteiger partial charge in [-0.15, -0.1) is 0 Å². The molecule has 6 heteroatoms. The van der Waals surface area contributed by atoms with Crippen molar-refractivity contribution < 1.29 is 9.72 Å². The van der Waals surface area contributed by atoms with E-state index in [-0.39, 0.29) is 17.5 Å². The Morgan fingerprint density at radius 1 is 1.48 bits per heavy atom. The summed E-state index contributed by atoms with van der Waals surface area (Å²) in [5.74, 6) is 0.211. The quantitative estimate of drug-likeness (QED) is 0.659. The van der Waals surface area contributed by atoms with Gasteiger partial charge >= 0.3 is 0 Å². The third-order valence-electron chi connectivity index (χ3n) is 4.40. The van der Waals surface area contributed by atoms with Crippen molar-refractivity contribution in [2.45, 2.75) is 27.2 Å². The maximum atomic E-state index is 12.6. The van der Waals surface area contributed by atoms with Gasteiger partial charge in [0.25, 0.3) is 5.69 Å². The van der Waals surface area contributed by atoms with E-state index >= 15 is 0 Å². The number of nitro benzene ring substituents is 1. The fourth-order valence-corrected chi connectivity index (χ4v) is 2.85. The number of carbonyl (C=O) groups is 1. The molecule has 0 spiro atoms. The predicted octanol–water partition coefficient (Wildman–Crippen LogP) is 2.48. The fourth-order valence-electron chi connectivity index (χ4n) is 2.85. The van der Waals surface area contributed by atoms with Crippen LogP contribution in [0.2, 0.25) is 0 Å². The van der Waals surface area contributed by atoms with E-state index in [9.17, 15) is 14.9 Å². The van der Waals surface area contributed by atoms with Crippen molar-refractivity contribution in [3.8, 4) is 0 Å². The molecular weight excluding hydrogens is 270 g/mol. The van der Waals surface area contributed by atoms with E-state index in [1.54, 1.807) is 19.1 Å².